The molecule has 1 fully saturated rings. The molecule has 3 aromatic rings. The number of rotatable bonds is 3. The van der Waals surface area contributed by atoms with E-state index in [0.717, 1.165) is 34.0 Å². The van der Waals surface area contributed by atoms with Crippen LogP contribution < -0.4 is 4.74 Å². The van der Waals surface area contributed by atoms with E-state index in [1.165, 1.54) is 0 Å². The molecule has 3 heterocycles. The predicted octanol–water partition coefficient (Wildman–Crippen LogP) is 2.46. The van der Waals surface area contributed by atoms with Crippen LogP contribution in [0.1, 0.15) is 33.7 Å². The van der Waals surface area contributed by atoms with Crippen molar-refractivity contribution in [3.8, 4) is 5.75 Å². The maximum atomic E-state index is 12.9. The molecule has 2 aromatic heterocycles. The number of ether oxygens (including phenoxy) is 1. The molecular weight excluding hydrogens is 330 g/mol. The molecule has 1 aliphatic rings. The molecule has 1 saturated heterocycles. The number of hydrogen-bond acceptors (Lipinski definition) is 5. The number of amides is 1. The van der Waals surface area contributed by atoms with Crippen LogP contribution in [0.25, 0.3) is 10.9 Å². The van der Waals surface area contributed by atoms with Crippen LogP contribution in [-0.4, -0.2) is 50.8 Å². The van der Waals surface area contributed by atoms with Crippen molar-refractivity contribution in [1.82, 2.24) is 24.6 Å². The number of carbonyl (C=O) groups excluding carboxylic acids is 1. The van der Waals surface area contributed by atoms with E-state index >= 15 is 0 Å². The zero-order valence-electron chi connectivity index (χ0n) is 15.4. The van der Waals surface area contributed by atoms with Gasteiger partial charge in [-0.2, -0.15) is 5.10 Å². The molecule has 1 amide bonds. The fourth-order valence-electron chi connectivity index (χ4n) is 3.41. The molecule has 0 N–H and O–H groups in total. The summed E-state index contributed by atoms with van der Waals surface area (Å²) in [6.45, 7) is 6.97. The van der Waals surface area contributed by atoms with Gasteiger partial charge in [0.1, 0.15) is 17.4 Å². The highest BCUT2D eigenvalue weighted by molar-refractivity contribution is 5.99. The van der Waals surface area contributed by atoms with Gasteiger partial charge in [0.25, 0.3) is 5.91 Å². The van der Waals surface area contributed by atoms with E-state index in [4.69, 9.17) is 4.74 Å². The van der Waals surface area contributed by atoms with E-state index in [9.17, 15) is 4.79 Å². The third-order valence-corrected chi connectivity index (χ3v) is 4.85. The summed E-state index contributed by atoms with van der Waals surface area (Å²) in [5, 5.41) is 5.35. The molecule has 0 atom stereocenters. The van der Waals surface area contributed by atoms with Gasteiger partial charge in [-0.1, -0.05) is 0 Å². The Morgan fingerprint density at radius 1 is 1.15 bits per heavy atom. The lowest BCUT2D eigenvalue weighted by Gasteiger charge is -2.39. The second kappa shape index (κ2) is 6.09. The Labute approximate surface area is 151 Å². The van der Waals surface area contributed by atoms with Crippen molar-refractivity contribution in [3.05, 3.63) is 47.2 Å². The van der Waals surface area contributed by atoms with E-state index in [1.807, 2.05) is 54.6 Å². The van der Waals surface area contributed by atoms with Crippen molar-refractivity contribution in [1.29, 1.82) is 0 Å². The maximum absolute atomic E-state index is 12.9. The summed E-state index contributed by atoms with van der Waals surface area (Å²) in [6.07, 6.45) is 0. The van der Waals surface area contributed by atoms with E-state index in [1.54, 1.807) is 7.11 Å². The molecule has 0 aliphatic carbocycles. The van der Waals surface area contributed by atoms with Crippen LogP contribution in [0.2, 0.25) is 0 Å². The Hall–Kier alpha value is -2.96. The molecule has 0 spiro atoms. The van der Waals surface area contributed by atoms with Gasteiger partial charge in [-0.3, -0.25) is 9.78 Å². The van der Waals surface area contributed by atoms with Gasteiger partial charge >= 0.3 is 0 Å². The molecular formula is C19H21N5O2. The van der Waals surface area contributed by atoms with Crippen LogP contribution in [0.5, 0.6) is 5.75 Å². The molecule has 0 saturated carbocycles. The van der Waals surface area contributed by atoms with E-state index < -0.39 is 0 Å². The maximum Gasteiger partial charge on any atom is 0.255 e. The first-order valence-electron chi connectivity index (χ1n) is 8.60. The van der Waals surface area contributed by atoms with Crippen LogP contribution in [-0.2, 0) is 0 Å². The summed E-state index contributed by atoms with van der Waals surface area (Å²) < 4.78 is 7.15. The monoisotopic (exact) mass is 351 g/mol. The predicted molar refractivity (Wildman–Crippen MR) is 97.5 cm³/mol. The summed E-state index contributed by atoms with van der Waals surface area (Å²) in [6, 6.07) is 7.79. The second-order valence-electron chi connectivity index (χ2n) is 6.69. The molecule has 1 aromatic carbocycles. The van der Waals surface area contributed by atoms with E-state index in [2.05, 4.69) is 15.1 Å². The SMILES string of the molecule is COc1ccc2cc(C(=O)N3CC(n4nc(C)nc4C)C3)c(C)nc2c1. The van der Waals surface area contributed by atoms with E-state index in [-0.39, 0.29) is 11.9 Å². The number of carbonyl (C=O) groups is 1. The molecule has 7 heteroatoms. The van der Waals surface area contributed by atoms with Crippen LogP contribution in [0.15, 0.2) is 24.3 Å². The average Bonchev–Trinajstić information content (AvgIpc) is 2.90. The highest BCUT2D eigenvalue weighted by Gasteiger charge is 2.34. The van der Waals surface area contributed by atoms with Crippen molar-refractivity contribution >= 4 is 16.8 Å². The number of fused-ring (bicyclic) bond motifs is 1. The van der Waals surface area contributed by atoms with Gasteiger partial charge in [0.05, 0.1) is 29.9 Å². The quantitative estimate of drug-likeness (QED) is 0.725. The van der Waals surface area contributed by atoms with Crippen LogP contribution in [0, 0.1) is 20.8 Å². The van der Waals surface area contributed by atoms with Crippen LogP contribution in [0.4, 0.5) is 0 Å². The van der Waals surface area contributed by atoms with Gasteiger partial charge < -0.3 is 9.64 Å². The number of aromatic nitrogens is 4. The largest absolute Gasteiger partial charge is 0.497 e. The van der Waals surface area contributed by atoms with Gasteiger partial charge in [0.15, 0.2) is 0 Å². The molecule has 4 rings (SSSR count). The van der Waals surface area contributed by atoms with Gasteiger partial charge in [-0.25, -0.2) is 9.67 Å². The Balaban J connectivity index is 1.55. The molecule has 7 nitrogen and oxygen atoms in total. The molecule has 1 aliphatic heterocycles. The number of aryl methyl sites for hydroxylation is 3. The minimum Gasteiger partial charge on any atom is -0.497 e. The Bertz CT molecular complexity index is 1000. The molecule has 0 radical (unpaired) electrons. The number of hydrogen-bond donors (Lipinski definition) is 0. The fourth-order valence-corrected chi connectivity index (χ4v) is 3.41. The second-order valence-corrected chi connectivity index (χ2v) is 6.69. The summed E-state index contributed by atoms with van der Waals surface area (Å²) in [7, 11) is 1.63. The third kappa shape index (κ3) is 2.69. The first-order chi connectivity index (χ1) is 12.5. The van der Waals surface area contributed by atoms with Gasteiger partial charge in [-0.15, -0.1) is 0 Å². The Kier molecular flexibility index (Phi) is 3.86. The van der Waals surface area contributed by atoms with Crippen LogP contribution >= 0.6 is 0 Å². The number of methoxy groups -OCH3 is 1. The minimum atomic E-state index is 0.0125. The number of likely N-dealkylation sites (tertiary alicyclic amines) is 1. The topological polar surface area (TPSA) is 73.1 Å². The molecule has 26 heavy (non-hydrogen) atoms. The lowest BCUT2D eigenvalue weighted by molar-refractivity contribution is 0.0496. The van der Waals surface area contributed by atoms with Crippen molar-refractivity contribution in [2.24, 2.45) is 0 Å². The fraction of sp³-hybridized carbons (Fsp3) is 0.368. The zero-order chi connectivity index (χ0) is 18.4. The Morgan fingerprint density at radius 2 is 1.92 bits per heavy atom. The minimum absolute atomic E-state index is 0.0125. The number of pyridine rings is 1. The van der Waals surface area contributed by atoms with Gasteiger partial charge in [-0.05, 0) is 39.0 Å². The Morgan fingerprint density at radius 3 is 2.58 bits per heavy atom. The first kappa shape index (κ1) is 16.5. The molecule has 134 valence electrons. The van der Waals surface area contributed by atoms with Crippen molar-refractivity contribution in [3.63, 3.8) is 0 Å². The van der Waals surface area contributed by atoms with Crippen molar-refractivity contribution in [2.45, 2.75) is 26.8 Å². The third-order valence-electron chi connectivity index (χ3n) is 4.85. The summed E-state index contributed by atoms with van der Waals surface area (Å²) in [5.41, 5.74) is 2.20. The molecule has 0 unspecified atom stereocenters. The van der Waals surface area contributed by atoms with Crippen molar-refractivity contribution in [2.75, 3.05) is 20.2 Å². The first-order valence-corrected chi connectivity index (χ1v) is 8.60. The van der Waals surface area contributed by atoms with E-state index in [0.29, 0.717) is 18.7 Å². The highest BCUT2D eigenvalue weighted by Crippen LogP contribution is 2.27. The van der Waals surface area contributed by atoms with Crippen molar-refractivity contribution < 1.29 is 9.53 Å². The smallest absolute Gasteiger partial charge is 0.255 e. The molecule has 0 bridgehead atoms. The zero-order valence-corrected chi connectivity index (χ0v) is 15.4. The summed E-state index contributed by atoms with van der Waals surface area (Å²) in [4.78, 5) is 23.6. The normalized spacial score (nSPS) is 14.5. The van der Waals surface area contributed by atoms with Gasteiger partial charge in [0.2, 0.25) is 0 Å². The summed E-state index contributed by atoms with van der Waals surface area (Å²) in [5.74, 6) is 2.42. The lowest BCUT2D eigenvalue weighted by Crippen LogP contribution is -2.51. The number of benzene rings is 1. The lowest BCUT2D eigenvalue weighted by atomic mass is 10.0. The summed E-state index contributed by atoms with van der Waals surface area (Å²) >= 11 is 0. The standard InChI is InChI=1S/C19H21N5O2/c1-11-17(7-14-5-6-16(26-4)8-18(14)20-11)19(25)23-9-15(10-23)24-13(3)21-12(2)22-24/h5-8,15H,9-10H2,1-4H3. The highest BCUT2D eigenvalue weighted by atomic mass is 16.5. The average molecular weight is 351 g/mol. The number of nitrogens with zero attached hydrogens (tertiary/aromatic N) is 5. The van der Waals surface area contributed by atoms with Crippen LogP contribution in [0.3, 0.4) is 0 Å². The van der Waals surface area contributed by atoms with Gasteiger partial charge in [0, 0.05) is 24.5 Å².